The Morgan fingerprint density at radius 1 is 1.20 bits per heavy atom. The number of rotatable bonds is 5. The van der Waals surface area contributed by atoms with Gasteiger partial charge in [0.05, 0.1) is 0 Å². The van der Waals surface area contributed by atoms with Crippen LogP contribution in [-0.2, 0) is 16.8 Å². The highest BCUT2D eigenvalue weighted by Crippen LogP contribution is 2.22. The Labute approximate surface area is 128 Å². The normalized spacial score (nSPS) is 12.4. The standard InChI is InChI=1S/C16H26N2O.ClH/c1-12(10-17-5)15(19)18-11-13-6-8-14(9-7-13)16(2,3)4;/h6-9,12,17H,10-11H2,1-5H3,(H,18,19);1H. The van der Waals surface area contributed by atoms with Gasteiger partial charge in [0.2, 0.25) is 5.91 Å². The van der Waals surface area contributed by atoms with Crippen LogP contribution in [0.25, 0.3) is 0 Å². The van der Waals surface area contributed by atoms with Crippen molar-refractivity contribution in [2.75, 3.05) is 13.6 Å². The van der Waals surface area contributed by atoms with Gasteiger partial charge in [-0.3, -0.25) is 4.79 Å². The molecule has 1 rings (SSSR count). The van der Waals surface area contributed by atoms with Crippen LogP contribution in [0.4, 0.5) is 0 Å². The van der Waals surface area contributed by atoms with E-state index < -0.39 is 0 Å². The zero-order valence-corrected chi connectivity index (χ0v) is 13.9. The van der Waals surface area contributed by atoms with E-state index in [-0.39, 0.29) is 29.6 Å². The van der Waals surface area contributed by atoms with Crippen molar-refractivity contribution in [3.8, 4) is 0 Å². The number of carbonyl (C=O) groups excluding carboxylic acids is 1. The van der Waals surface area contributed by atoms with Crippen molar-refractivity contribution in [1.29, 1.82) is 0 Å². The zero-order valence-electron chi connectivity index (χ0n) is 13.1. The minimum Gasteiger partial charge on any atom is -0.352 e. The molecule has 2 N–H and O–H groups in total. The van der Waals surface area contributed by atoms with Crippen LogP contribution in [0.15, 0.2) is 24.3 Å². The maximum absolute atomic E-state index is 11.8. The Balaban J connectivity index is 0.00000361. The summed E-state index contributed by atoms with van der Waals surface area (Å²) < 4.78 is 0. The molecule has 20 heavy (non-hydrogen) atoms. The second-order valence-electron chi connectivity index (χ2n) is 6.12. The molecule has 1 aromatic rings. The molecule has 0 saturated carbocycles. The molecule has 1 atom stereocenters. The summed E-state index contributed by atoms with van der Waals surface area (Å²) >= 11 is 0. The Hall–Kier alpha value is -1.06. The summed E-state index contributed by atoms with van der Waals surface area (Å²) in [6.45, 7) is 9.82. The average molecular weight is 299 g/mol. The number of nitrogens with one attached hydrogen (secondary N) is 2. The van der Waals surface area contributed by atoms with E-state index in [9.17, 15) is 4.79 Å². The number of carbonyl (C=O) groups is 1. The van der Waals surface area contributed by atoms with Gasteiger partial charge in [0, 0.05) is 19.0 Å². The first kappa shape index (κ1) is 18.9. The topological polar surface area (TPSA) is 41.1 Å². The van der Waals surface area contributed by atoms with E-state index in [4.69, 9.17) is 0 Å². The van der Waals surface area contributed by atoms with E-state index in [1.807, 2.05) is 14.0 Å². The fourth-order valence-electron chi connectivity index (χ4n) is 1.88. The van der Waals surface area contributed by atoms with Gasteiger partial charge in [0.1, 0.15) is 0 Å². The molecule has 0 heterocycles. The lowest BCUT2D eigenvalue weighted by Gasteiger charge is -2.19. The van der Waals surface area contributed by atoms with Crippen molar-refractivity contribution in [2.24, 2.45) is 5.92 Å². The highest BCUT2D eigenvalue weighted by atomic mass is 35.5. The van der Waals surface area contributed by atoms with Crippen LogP contribution >= 0.6 is 12.4 Å². The molecule has 114 valence electrons. The third kappa shape index (κ3) is 5.93. The van der Waals surface area contributed by atoms with Gasteiger partial charge in [-0.15, -0.1) is 12.4 Å². The lowest BCUT2D eigenvalue weighted by molar-refractivity contribution is -0.124. The molecule has 0 bridgehead atoms. The monoisotopic (exact) mass is 298 g/mol. The smallest absolute Gasteiger partial charge is 0.224 e. The SMILES string of the molecule is CNCC(C)C(=O)NCc1ccc(C(C)(C)C)cc1.Cl. The first-order chi connectivity index (χ1) is 8.84. The molecule has 0 fully saturated rings. The Kier molecular flexibility index (Phi) is 7.84. The molecule has 0 spiro atoms. The predicted molar refractivity (Wildman–Crippen MR) is 87.3 cm³/mol. The van der Waals surface area contributed by atoms with Crippen molar-refractivity contribution >= 4 is 18.3 Å². The first-order valence-corrected chi connectivity index (χ1v) is 6.86. The highest BCUT2D eigenvalue weighted by molar-refractivity contribution is 5.85. The van der Waals surface area contributed by atoms with E-state index in [0.717, 1.165) is 5.56 Å². The first-order valence-electron chi connectivity index (χ1n) is 6.86. The van der Waals surface area contributed by atoms with E-state index >= 15 is 0 Å². The van der Waals surface area contributed by atoms with Crippen molar-refractivity contribution in [1.82, 2.24) is 10.6 Å². The lowest BCUT2D eigenvalue weighted by atomic mass is 9.87. The molecule has 0 aliphatic carbocycles. The summed E-state index contributed by atoms with van der Waals surface area (Å²) in [5.74, 6) is 0.0908. The highest BCUT2D eigenvalue weighted by Gasteiger charge is 2.13. The molecule has 1 amide bonds. The van der Waals surface area contributed by atoms with Crippen LogP contribution in [0.2, 0.25) is 0 Å². The van der Waals surface area contributed by atoms with Gasteiger partial charge in [-0.25, -0.2) is 0 Å². The Morgan fingerprint density at radius 3 is 2.20 bits per heavy atom. The van der Waals surface area contributed by atoms with E-state index in [2.05, 4.69) is 55.7 Å². The number of hydrogen-bond donors (Lipinski definition) is 2. The van der Waals surface area contributed by atoms with Crippen molar-refractivity contribution in [3.05, 3.63) is 35.4 Å². The second kappa shape index (κ2) is 8.28. The molecule has 0 aromatic heterocycles. The van der Waals surface area contributed by atoms with Crippen molar-refractivity contribution in [2.45, 2.75) is 39.7 Å². The fraction of sp³-hybridized carbons (Fsp3) is 0.562. The van der Waals surface area contributed by atoms with E-state index in [0.29, 0.717) is 13.1 Å². The molecule has 0 saturated heterocycles. The van der Waals surface area contributed by atoms with Crippen LogP contribution in [0.3, 0.4) is 0 Å². The summed E-state index contributed by atoms with van der Waals surface area (Å²) in [7, 11) is 1.86. The largest absolute Gasteiger partial charge is 0.352 e. The minimum absolute atomic E-state index is 0. The van der Waals surface area contributed by atoms with Crippen LogP contribution in [0.5, 0.6) is 0 Å². The molecular formula is C16H27ClN2O. The molecule has 0 aliphatic heterocycles. The van der Waals surface area contributed by atoms with Gasteiger partial charge in [0.15, 0.2) is 0 Å². The van der Waals surface area contributed by atoms with Crippen LogP contribution < -0.4 is 10.6 Å². The van der Waals surface area contributed by atoms with Gasteiger partial charge in [-0.05, 0) is 23.6 Å². The van der Waals surface area contributed by atoms with Gasteiger partial charge in [-0.1, -0.05) is 52.0 Å². The van der Waals surface area contributed by atoms with Gasteiger partial charge in [-0.2, -0.15) is 0 Å². The third-order valence-electron chi connectivity index (χ3n) is 3.24. The molecule has 1 unspecified atom stereocenters. The van der Waals surface area contributed by atoms with Crippen molar-refractivity contribution in [3.63, 3.8) is 0 Å². The fourth-order valence-corrected chi connectivity index (χ4v) is 1.88. The Morgan fingerprint density at radius 2 is 1.75 bits per heavy atom. The van der Waals surface area contributed by atoms with Gasteiger partial charge in [0.25, 0.3) is 0 Å². The molecule has 4 heteroatoms. The summed E-state index contributed by atoms with van der Waals surface area (Å²) in [6, 6.07) is 8.45. The van der Waals surface area contributed by atoms with E-state index in [1.54, 1.807) is 0 Å². The van der Waals surface area contributed by atoms with Gasteiger partial charge >= 0.3 is 0 Å². The number of halogens is 1. The lowest BCUT2D eigenvalue weighted by Crippen LogP contribution is -2.33. The Bertz CT molecular complexity index is 409. The number of amides is 1. The number of hydrogen-bond acceptors (Lipinski definition) is 2. The zero-order chi connectivity index (χ0) is 14.5. The predicted octanol–water partition coefficient (Wildman–Crippen LogP) is 2.88. The average Bonchev–Trinajstić information content (AvgIpc) is 2.35. The summed E-state index contributed by atoms with van der Waals surface area (Å²) in [5.41, 5.74) is 2.62. The minimum atomic E-state index is -0.00107. The molecule has 0 radical (unpaired) electrons. The maximum atomic E-state index is 11.8. The van der Waals surface area contributed by atoms with Crippen molar-refractivity contribution < 1.29 is 4.79 Å². The number of benzene rings is 1. The molecule has 1 aromatic carbocycles. The molecule has 3 nitrogen and oxygen atoms in total. The third-order valence-corrected chi connectivity index (χ3v) is 3.24. The summed E-state index contributed by atoms with van der Waals surface area (Å²) in [5, 5.41) is 5.97. The van der Waals surface area contributed by atoms with Crippen LogP contribution in [0.1, 0.15) is 38.8 Å². The summed E-state index contributed by atoms with van der Waals surface area (Å²) in [6.07, 6.45) is 0. The maximum Gasteiger partial charge on any atom is 0.224 e. The van der Waals surface area contributed by atoms with Crippen LogP contribution in [0, 0.1) is 5.92 Å². The van der Waals surface area contributed by atoms with E-state index in [1.165, 1.54) is 5.56 Å². The quantitative estimate of drug-likeness (QED) is 0.877. The van der Waals surface area contributed by atoms with Crippen LogP contribution in [-0.4, -0.2) is 19.5 Å². The second-order valence-corrected chi connectivity index (χ2v) is 6.12. The molecule has 0 aliphatic rings. The summed E-state index contributed by atoms with van der Waals surface area (Å²) in [4.78, 5) is 11.8. The van der Waals surface area contributed by atoms with Gasteiger partial charge < -0.3 is 10.6 Å². The molecular weight excluding hydrogens is 272 g/mol.